The fourth-order valence-electron chi connectivity index (χ4n) is 2.26. The van der Waals surface area contributed by atoms with Crippen molar-refractivity contribution < 1.29 is 14.3 Å². The van der Waals surface area contributed by atoms with Crippen LogP contribution in [0, 0.1) is 20.8 Å². The van der Waals surface area contributed by atoms with Crippen LogP contribution in [0.3, 0.4) is 0 Å². The minimum atomic E-state index is -0.661. The van der Waals surface area contributed by atoms with Crippen LogP contribution in [0.1, 0.15) is 34.1 Å². The number of aryl methyl sites for hydroxylation is 3. The van der Waals surface area contributed by atoms with Crippen molar-refractivity contribution in [3.8, 4) is 5.75 Å². The number of furan rings is 1. The molecule has 2 aromatic rings. The van der Waals surface area contributed by atoms with E-state index in [1.54, 1.807) is 13.4 Å². The number of methoxy groups -OCH3 is 1. The first-order valence-corrected chi connectivity index (χ1v) is 5.91. The molecular formula is C15H18O3. The smallest absolute Gasteiger partial charge is 0.124 e. The maximum Gasteiger partial charge on any atom is 0.124 e. The van der Waals surface area contributed by atoms with Crippen molar-refractivity contribution in [2.24, 2.45) is 0 Å². The van der Waals surface area contributed by atoms with Gasteiger partial charge in [-0.1, -0.05) is 0 Å². The number of benzene rings is 1. The normalized spacial score (nSPS) is 12.5. The van der Waals surface area contributed by atoms with Gasteiger partial charge in [-0.2, -0.15) is 0 Å². The largest absolute Gasteiger partial charge is 0.496 e. The lowest BCUT2D eigenvalue weighted by molar-refractivity contribution is 0.219. The Labute approximate surface area is 107 Å². The summed E-state index contributed by atoms with van der Waals surface area (Å²) in [7, 11) is 1.66. The summed E-state index contributed by atoms with van der Waals surface area (Å²) in [5.41, 5.74) is 3.67. The zero-order valence-corrected chi connectivity index (χ0v) is 11.2. The first kappa shape index (κ1) is 12.7. The van der Waals surface area contributed by atoms with Crippen molar-refractivity contribution in [3.63, 3.8) is 0 Å². The monoisotopic (exact) mass is 246 g/mol. The van der Waals surface area contributed by atoms with Crippen molar-refractivity contribution >= 4 is 0 Å². The summed E-state index contributed by atoms with van der Waals surface area (Å²) < 4.78 is 10.5. The average Bonchev–Trinajstić information content (AvgIpc) is 2.74. The highest BCUT2D eigenvalue weighted by Crippen LogP contribution is 2.30. The Kier molecular flexibility index (Phi) is 3.43. The van der Waals surface area contributed by atoms with Crippen molar-refractivity contribution in [3.05, 3.63) is 52.5 Å². The van der Waals surface area contributed by atoms with Crippen molar-refractivity contribution in [2.75, 3.05) is 7.11 Å². The van der Waals surface area contributed by atoms with E-state index < -0.39 is 6.10 Å². The third-order valence-corrected chi connectivity index (χ3v) is 3.07. The molecule has 0 aliphatic heterocycles. The molecule has 1 aromatic heterocycles. The first-order valence-electron chi connectivity index (χ1n) is 5.91. The number of ether oxygens (including phenoxy) is 1. The Morgan fingerprint density at radius 2 is 1.67 bits per heavy atom. The molecule has 18 heavy (non-hydrogen) atoms. The first-order chi connectivity index (χ1) is 8.52. The standard InChI is InChI=1S/C15H18O3/c1-9-5-12(6-10(2)15(9)17-4)14(16)13-7-11(3)18-8-13/h5-8,14,16H,1-4H3. The zero-order valence-electron chi connectivity index (χ0n) is 11.2. The second-order valence-corrected chi connectivity index (χ2v) is 4.58. The minimum absolute atomic E-state index is 0.661. The number of hydrogen-bond donors (Lipinski definition) is 1. The molecule has 0 aliphatic carbocycles. The molecule has 2 rings (SSSR count). The molecule has 0 saturated heterocycles. The molecular weight excluding hydrogens is 228 g/mol. The molecule has 1 N–H and O–H groups in total. The summed E-state index contributed by atoms with van der Waals surface area (Å²) in [6, 6.07) is 5.73. The van der Waals surface area contributed by atoms with E-state index in [0.29, 0.717) is 0 Å². The van der Waals surface area contributed by atoms with E-state index in [-0.39, 0.29) is 0 Å². The van der Waals surface area contributed by atoms with Crippen LogP contribution in [-0.4, -0.2) is 12.2 Å². The number of rotatable bonds is 3. The Morgan fingerprint density at radius 3 is 2.11 bits per heavy atom. The van der Waals surface area contributed by atoms with Gasteiger partial charge in [0.1, 0.15) is 17.6 Å². The highest BCUT2D eigenvalue weighted by molar-refractivity contribution is 5.45. The Morgan fingerprint density at radius 1 is 1.06 bits per heavy atom. The van der Waals surface area contributed by atoms with Gasteiger partial charge in [0.15, 0.2) is 0 Å². The lowest BCUT2D eigenvalue weighted by Crippen LogP contribution is -2.01. The number of aliphatic hydroxyl groups excluding tert-OH is 1. The van der Waals surface area contributed by atoms with Crippen molar-refractivity contribution in [1.29, 1.82) is 0 Å². The number of hydrogen-bond acceptors (Lipinski definition) is 3. The summed E-state index contributed by atoms with van der Waals surface area (Å²) in [5, 5.41) is 10.3. The van der Waals surface area contributed by atoms with Gasteiger partial charge in [-0.05, 0) is 55.7 Å². The van der Waals surface area contributed by atoms with Crippen LogP contribution in [-0.2, 0) is 0 Å². The summed E-state index contributed by atoms with van der Waals surface area (Å²) in [4.78, 5) is 0. The topological polar surface area (TPSA) is 42.6 Å². The molecule has 1 heterocycles. The molecule has 0 bridgehead atoms. The summed E-state index contributed by atoms with van der Waals surface area (Å²) in [6.07, 6.45) is 0.931. The molecule has 1 atom stereocenters. The quantitative estimate of drug-likeness (QED) is 0.903. The summed E-state index contributed by atoms with van der Waals surface area (Å²) in [5.74, 6) is 1.67. The molecule has 0 radical (unpaired) electrons. The lowest BCUT2D eigenvalue weighted by Gasteiger charge is -2.14. The van der Waals surface area contributed by atoms with E-state index in [0.717, 1.165) is 33.8 Å². The van der Waals surface area contributed by atoms with Gasteiger partial charge in [0.2, 0.25) is 0 Å². The van der Waals surface area contributed by atoms with Crippen molar-refractivity contribution in [1.82, 2.24) is 0 Å². The van der Waals surface area contributed by atoms with E-state index >= 15 is 0 Å². The van der Waals surface area contributed by atoms with Crippen LogP contribution in [0.5, 0.6) is 5.75 Å². The Bertz CT molecular complexity index is 532. The predicted octanol–water partition coefficient (Wildman–Crippen LogP) is 3.30. The average molecular weight is 246 g/mol. The van der Waals surface area contributed by atoms with E-state index in [9.17, 15) is 5.11 Å². The van der Waals surface area contributed by atoms with Crippen molar-refractivity contribution in [2.45, 2.75) is 26.9 Å². The van der Waals surface area contributed by atoms with Gasteiger partial charge < -0.3 is 14.3 Å². The molecule has 3 nitrogen and oxygen atoms in total. The van der Waals surface area contributed by atoms with Gasteiger partial charge in [0.25, 0.3) is 0 Å². The third kappa shape index (κ3) is 2.27. The van der Waals surface area contributed by atoms with E-state index in [1.807, 2.05) is 39.0 Å². The Hall–Kier alpha value is -1.74. The summed E-state index contributed by atoms with van der Waals surface area (Å²) in [6.45, 7) is 5.81. The van der Waals surface area contributed by atoms with Crippen LogP contribution in [0.25, 0.3) is 0 Å². The van der Waals surface area contributed by atoms with Crippen LogP contribution in [0.15, 0.2) is 28.9 Å². The Balaban J connectivity index is 2.40. The fourth-order valence-corrected chi connectivity index (χ4v) is 2.26. The van der Waals surface area contributed by atoms with Crippen LogP contribution in [0.2, 0.25) is 0 Å². The molecule has 0 aliphatic rings. The minimum Gasteiger partial charge on any atom is -0.496 e. The van der Waals surface area contributed by atoms with Gasteiger partial charge in [0, 0.05) is 5.56 Å². The SMILES string of the molecule is COc1c(C)cc(C(O)c2coc(C)c2)cc1C. The molecule has 0 saturated carbocycles. The second-order valence-electron chi connectivity index (χ2n) is 4.58. The predicted molar refractivity (Wildman–Crippen MR) is 70.0 cm³/mol. The highest BCUT2D eigenvalue weighted by atomic mass is 16.5. The second kappa shape index (κ2) is 4.86. The van der Waals surface area contributed by atoms with Crippen LogP contribution in [0.4, 0.5) is 0 Å². The number of aliphatic hydroxyl groups is 1. The van der Waals surface area contributed by atoms with Gasteiger partial charge >= 0.3 is 0 Å². The van der Waals surface area contributed by atoms with E-state index in [2.05, 4.69) is 0 Å². The van der Waals surface area contributed by atoms with Gasteiger partial charge in [-0.15, -0.1) is 0 Å². The third-order valence-electron chi connectivity index (χ3n) is 3.07. The van der Waals surface area contributed by atoms with E-state index in [4.69, 9.17) is 9.15 Å². The molecule has 1 unspecified atom stereocenters. The molecule has 0 spiro atoms. The zero-order chi connectivity index (χ0) is 13.3. The van der Waals surface area contributed by atoms with Gasteiger partial charge in [-0.25, -0.2) is 0 Å². The molecule has 0 fully saturated rings. The van der Waals surface area contributed by atoms with Gasteiger partial charge in [0.05, 0.1) is 13.4 Å². The maximum atomic E-state index is 10.3. The maximum absolute atomic E-state index is 10.3. The molecule has 0 amide bonds. The molecule has 1 aromatic carbocycles. The van der Waals surface area contributed by atoms with Gasteiger partial charge in [-0.3, -0.25) is 0 Å². The molecule has 3 heteroatoms. The van der Waals surface area contributed by atoms with Crippen LogP contribution >= 0.6 is 0 Å². The lowest BCUT2D eigenvalue weighted by atomic mass is 9.98. The highest BCUT2D eigenvalue weighted by Gasteiger charge is 2.15. The van der Waals surface area contributed by atoms with Crippen LogP contribution < -0.4 is 4.74 Å². The summed E-state index contributed by atoms with van der Waals surface area (Å²) >= 11 is 0. The fraction of sp³-hybridized carbons (Fsp3) is 0.333. The van der Waals surface area contributed by atoms with E-state index in [1.165, 1.54) is 0 Å². The molecule has 96 valence electrons.